The van der Waals surface area contributed by atoms with Crippen LogP contribution in [0.25, 0.3) is 0 Å². The highest BCUT2D eigenvalue weighted by molar-refractivity contribution is 5.86. The van der Waals surface area contributed by atoms with E-state index >= 15 is 0 Å². The van der Waals surface area contributed by atoms with Gasteiger partial charge in [-0.05, 0) is 6.54 Å². The third-order valence-corrected chi connectivity index (χ3v) is 2.99. The predicted molar refractivity (Wildman–Crippen MR) is 63.3 cm³/mol. The zero-order valence-corrected chi connectivity index (χ0v) is 9.83. The molecule has 1 aliphatic rings. The van der Waals surface area contributed by atoms with Gasteiger partial charge < -0.3 is 14.9 Å². The van der Waals surface area contributed by atoms with Crippen LogP contribution in [-0.2, 0) is 0 Å². The molecule has 0 unspecified atom stereocenters. The van der Waals surface area contributed by atoms with Crippen molar-refractivity contribution in [3.63, 3.8) is 0 Å². The van der Waals surface area contributed by atoms with Crippen LogP contribution in [0.1, 0.15) is 17.3 Å². The molecular weight excluding hydrogens is 220 g/mol. The summed E-state index contributed by atoms with van der Waals surface area (Å²) in [5.74, 6) is -0.377. The average Bonchev–Trinajstić information content (AvgIpc) is 2.39. The molecular formula is C11H16N4O2. The van der Waals surface area contributed by atoms with Gasteiger partial charge in [0.25, 0.3) is 0 Å². The Morgan fingerprint density at radius 3 is 2.35 bits per heavy atom. The Balaban J connectivity index is 2.01. The SMILES string of the molecule is CCN1CCN(c2ncc(C(=O)O)cn2)CC1. The van der Waals surface area contributed by atoms with Crippen LogP contribution in [0.15, 0.2) is 12.4 Å². The molecule has 0 amide bonds. The van der Waals surface area contributed by atoms with Gasteiger partial charge in [0.2, 0.25) is 5.95 Å². The third kappa shape index (κ3) is 2.71. The second kappa shape index (κ2) is 5.09. The van der Waals surface area contributed by atoms with E-state index in [1.807, 2.05) is 0 Å². The van der Waals surface area contributed by atoms with Gasteiger partial charge in [0, 0.05) is 38.6 Å². The Kier molecular flexibility index (Phi) is 3.53. The van der Waals surface area contributed by atoms with Gasteiger partial charge >= 0.3 is 5.97 Å². The van der Waals surface area contributed by atoms with Gasteiger partial charge in [-0.3, -0.25) is 0 Å². The van der Waals surface area contributed by atoms with Crippen molar-refractivity contribution in [2.45, 2.75) is 6.92 Å². The first-order valence-corrected chi connectivity index (χ1v) is 5.73. The first kappa shape index (κ1) is 11.8. The molecule has 1 fully saturated rings. The number of carboxylic acid groups (broad SMARTS) is 1. The normalized spacial score (nSPS) is 17.1. The maximum absolute atomic E-state index is 10.7. The van der Waals surface area contributed by atoms with Crippen molar-refractivity contribution < 1.29 is 9.90 Å². The summed E-state index contributed by atoms with van der Waals surface area (Å²) in [6.07, 6.45) is 2.72. The number of hydrogen-bond donors (Lipinski definition) is 1. The Labute approximate surface area is 99.9 Å². The van der Waals surface area contributed by atoms with E-state index in [0.29, 0.717) is 5.95 Å². The standard InChI is InChI=1S/C11H16N4O2/c1-2-14-3-5-15(6-4-14)11-12-7-9(8-13-11)10(16)17/h7-8H,2-6H2,1H3,(H,16,17). The summed E-state index contributed by atoms with van der Waals surface area (Å²) in [6.45, 7) is 6.99. The molecule has 0 spiro atoms. The number of rotatable bonds is 3. The highest BCUT2D eigenvalue weighted by Gasteiger charge is 2.17. The van der Waals surface area contributed by atoms with Crippen molar-refractivity contribution in [2.75, 3.05) is 37.6 Å². The topological polar surface area (TPSA) is 69.6 Å². The lowest BCUT2D eigenvalue weighted by Gasteiger charge is -2.33. The number of carbonyl (C=O) groups is 1. The molecule has 1 aromatic heterocycles. The lowest BCUT2D eigenvalue weighted by atomic mass is 10.3. The molecule has 6 nitrogen and oxygen atoms in total. The summed E-state index contributed by atoms with van der Waals surface area (Å²) < 4.78 is 0. The number of hydrogen-bond acceptors (Lipinski definition) is 5. The summed E-state index contributed by atoms with van der Waals surface area (Å²) in [4.78, 5) is 23.3. The first-order chi connectivity index (χ1) is 8.20. The molecule has 1 aromatic rings. The summed E-state index contributed by atoms with van der Waals surface area (Å²) >= 11 is 0. The Morgan fingerprint density at radius 1 is 1.29 bits per heavy atom. The van der Waals surface area contributed by atoms with E-state index < -0.39 is 5.97 Å². The molecule has 6 heteroatoms. The number of aromatic nitrogens is 2. The minimum Gasteiger partial charge on any atom is -0.478 e. The van der Waals surface area contributed by atoms with Crippen LogP contribution in [0, 0.1) is 0 Å². The summed E-state index contributed by atoms with van der Waals surface area (Å²) in [5.41, 5.74) is 0.126. The number of carboxylic acids is 1. The van der Waals surface area contributed by atoms with Gasteiger partial charge in [0.05, 0.1) is 5.56 Å². The van der Waals surface area contributed by atoms with E-state index in [2.05, 4.69) is 26.7 Å². The van der Waals surface area contributed by atoms with Crippen LogP contribution < -0.4 is 4.90 Å². The predicted octanol–water partition coefficient (Wildman–Crippen LogP) is 0.317. The lowest BCUT2D eigenvalue weighted by Crippen LogP contribution is -2.46. The molecule has 2 heterocycles. The van der Waals surface area contributed by atoms with Gasteiger partial charge in [-0.2, -0.15) is 0 Å². The zero-order valence-electron chi connectivity index (χ0n) is 9.83. The van der Waals surface area contributed by atoms with Gasteiger partial charge in [0.15, 0.2) is 0 Å². The number of aromatic carboxylic acids is 1. The van der Waals surface area contributed by atoms with Gasteiger partial charge in [-0.25, -0.2) is 14.8 Å². The monoisotopic (exact) mass is 236 g/mol. The smallest absolute Gasteiger partial charge is 0.338 e. The quantitative estimate of drug-likeness (QED) is 0.815. The fraction of sp³-hybridized carbons (Fsp3) is 0.545. The maximum atomic E-state index is 10.7. The lowest BCUT2D eigenvalue weighted by molar-refractivity contribution is 0.0696. The maximum Gasteiger partial charge on any atom is 0.338 e. The van der Waals surface area contributed by atoms with E-state index in [9.17, 15) is 4.79 Å². The fourth-order valence-corrected chi connectivity index (χ4v) is 1.86. The molecule has 0 bridgehead atoms. The second-order valence-electron chi connectivity index (χ2n) is 4.00. The summed E-state index contributed by atoms with van der Waals surface area (Å²) in [7, 11) is 0. The molecule has 1 saturated heterocycles. The van der Waals surface area contributed by atoms with Crippen LogP contribution >= 0.6 is 0 Å². The van der Waals surface area contributed by atoms with Crippen LogP contribution in [0.3, 0.4) is 0 Å². The summed E-state index contributed by atoms with van der Waals surface area (Å²) in [6, 6.07) is 0. The highest BCUT2D eigenvalue weighted by atomic mass is 16.4. The Bertz CT molecular complexity index is 385. The minimum absolute atomic E-state index is 0.126. The van der Waals surface area contributed by atoms with Crippen molar-refractivity contribution >= 4 is 11.9 Å². The van der Waals surface area contributed by atoms with Crippen molar-refractivity contribution in [1.82, 2.24) is 14.9 Å². The number of nitrogens with zero attached hydrogens (tertiary/aromatic N) is 4. The largest absolute Gasteiger partial charge is 0.478 e. The summed E-state index contributed by atoms with van der Waals surface area (Å²) in [5, 5.41) is 8.75. The zero-order chi connectivity index (χ0) is 12.3. The minimum atomic E-state index is -0.993. The van der Waals surface area contributed by atoms with Crippen LogP contribution in [-0.4, -0.2) is 58.7 Å². The molecule has 2 rings (SSSR count). The molecule has 0 aliphatic carbocycles. The van der Waals surface area contributed by atoms with E-state index in [-0.39, 0.29) is 5.56 Å². The Hall–Kier alpha value is -1.69. The number of likely N-dealkylation sites (N-methyl/N-ethyl adjacent to an activating group) is 1. The van der Waals surface area contributed by atoms with Crippen molar-refractivity contribution in [2.24, 2.45) is 0 Å². The molecule has 0 atom stereocenters. The van der Waals surface area contributed by atoms with E-state index in [4.69, 9.17) is 5.11 Å². The highest BCUT2D eigenvalue weighted by Crippen LogP contribution is 2.10. The molecule has 1 N–H and O–H groups in total. The van der Waals surface area contributed by atoms with Gasteiger partial charge in [-0.1, -0.05) is 6.92 Å². The van der Waals surface area contributed by atoms with Gasteiger partial charge in [0.1, 0.15) is 0 Å². The van der Waals surface area contributed by atoms with E-state index in [0.717, 1.165) is 32.7 Å². The van der Waals surface area contributed by atoms with Crippen LogP contribution in [0.2, 0.25) is 0 Å². The average molecular weight is 236 g/mol. The molecule has 1 aliphatic heterocycles. The van der Waals surface area contributed by atoms with Crippen molar-refractivity contribution in [1.29, 1.82) is 0 Å². The second-order valence-corrected chi connectivity index (χ2v) is 4.00. The molecule has 0 radical (unpaired) electrons. The van der Waals surface area contributed by atoms with E-state index in [1.165, 1.54) is 12.4 Å². The molecule has 0 saturated carbocycles. The fourth-order valence-electron chi connectivity index (χ4n) is 1.86. The van der Waals surface area contributed by atoms with Crippen LogP contribution in [0.5, 0.6) is 0 Å². The molecule has 0 aromatic carbocycles. The molecule has 17 heavy (non-hydrogen) atoms. The van der Waals surface area contributed by atoms with E-state index in [1.54, 1.807) is 0 Å². The Morgan fingerprint density at radius 2 is 1.88 bits per heavy atom. The van der Waals surface area contributed by atoms with Crippen LogP contribution in [0.4, 0.5) is 5.95 Å². The van der Waals surface area contributed by atoms with Crippen molar-refractivity contribution in [3.8, 4) is 0 Å². The molecule has 92 valence electrons. The number of piperazine rings is 1. The first-order valence-electron chi connectivity index (χ1n) is 5.73. The third-order valence-electron chi connectivity index (χ3n) is 2.99. The van der Waals surface area contributed by atoms with Gasteiger partial charge in [-0.15, -0.1) is 0 Å². The number of anilines is 1. The van der Waals surface area contributed by atoms with Crippen molar-refractivity contribution in [3.05, 3.63) is 18.0 Å².